The molecule has 6 heteroatoms. The lowest BCUT2D eigenvalue weighted by molar-refractivity contribution is 0.0786. The maximum atomic E-state index is 13.1. The summed E-state index contributed by atoms with van der Waals surface area (Å²) in [4.78, 5) is 19.2. The average Bonchev–Trinajstić information content (AvgIpc) is 3.40. The Kier molecular flexibility index (Phi) is 4.76. The minimum atomic E-state index is -0.0326. The van der Waals surface area contributed by atoms with Crippen LogP contribution in [0, 0.1) is 0 Å². The van der Waals surface area contributed by atoms with E-state index in [1.54, 1.807) is 17.3 Å². The van der Waals surface area contributed by atoms with Crippen molar-refractivity contribution in [1.82, 2.24) is 24.2 Å². The van der Waals surface area contributed by atoms with Gasteiger partial charge in [-0.15, -0.1) is 0 Å². The van der Waals surface area contributed by atoms with Gasteiger partial charge in [-0.25, -0.2) is 9.67 Å². The van der Waals surface area contributed by atoms with Gasteiger partial charge in [0.05, 0.1) is 11.3 Å². The summed E-state index contributed by atoms with van der Waals surface area (Å²) < 4.78 is 3.72. The van der Waals surface area contributed by atoms with E-state index in [1.165, 1.54) is 0 Å². The molecule has 0 unspecified atom stereocenters. The lowest BCUT2D eigenvalue weighted by Crippen LogP contribution is -2.26. The topological polar surface area (TPSA) is 56.0 Å². The molecule has 28 heavy (non-hydrogen) atoms. The monoisotopic (exact) mass is 371 g/mol. The van der Waals surface area contributed by atoms with E-state index in [9.17, 15) is 4.79 Å². The molecule has 0 aliphatic rings. The number of benzene rings is 2. The molecule has 0 aliphatic heterocycles. The highest BCUT2D eigenvalue weighted by Gasteiger charge is 2.18. The molecular formula is C22H21N5O. The normalized spacial score (nSPS) is 10.8. The fourth-order valence-electron chi connectivity index (χ4n) is 3.22. The predicted molar refractivity (Wildman–Crippen MR) is 108 cm³/mol. The van der Waals surface area contributed by atoms with Crippen LogP contribution in [0.1, 0.15) is 15.9 Å². The minimum absolute atomic E-state index is 0.0326. The highest BCUT2D eigenvalue weighted by molar-refractivity contribution is 6.00. The van der Waals surface area contributed by atoms with Crippen LogP contribution in [0.3, 0.4) is 0 Å². The van der Waals surface area contributed by atoms with Crippen molar-refractivity contribution in [2.24, 2.45) is 7.05 Å². The third-order valence-corrected chi connectivity index (χ3v) is 4.69. The molecule has 140 valence electrons. The van der Waals surface area contributed by atoms with Crippen molar-refractivity contribution in [2.45, 2.75) is 6.54 Å². The second kappa shape index (κ2) is 7.52. The van der Waals surface area contributed by atoms with Gasteiger partial charge in [0.25, 0.3) is 5.91 Å². The minimum Gasteiger partial charge on any atom is -0.337 e. The molecule has 2 heterocycles. The molecule has 1 amide bonds. The van der Waals surface area contributed by atoms with Crippen LogP contribution in [0.2, 0.25) is 0 Å². The summed E-state index contributed by atoms with van der Waals surface area (Å²) in [5.74, 6) is 0.746. The molecule has 0 saturated carbocycles. The molecule has 4 aromatic rings. The van der Waals surface area contributed by atoms with E-state index in [-0.39, 0.29) is 5.91 Å². The molecule has 0 saturated heterocycles. The van der Waals surface area contributed by atoms with Crippen molar-refractivity contribution in [3.8, 4) is 17.1 Å². The fraction of sp³-hybridized carbons (Fsp3) is 0.136. The third kappa shape index (κ3) is 3.44. The Morgan fingerprint density at radius 3 is 2.46 bits per heavy atom. The smallest absolute Gasteiger partial charge is 0.254 e. The number of aromatic nitrogens is 4. The standard InChI is InChI=1S/C22H21N5O/c1-25-15-13-23-21(25)19-6-3-4-7-20(19)22(28)26(2)16-17-8-10-18(11-9-17)27-14-5-12-24-27/h3-15H,16H2,1-2H3. The maximum Gasteiger partial charge on any atom is 0.254 e. The van der Waals surface area contributed by atoms with Crippen molar-refractivity contribution in [2.75, 3.05) is 7.05 Å². The molecule has 2 aromatic carbocycles. The molecule has 4 rings (SSSR count). The number of carbonyl (C=O) groups excluding carboxylic acids is 1. The van der Waals surface area contributed by atoms with Gasteiger partial charge < -0.3 is 9.47 Å². The number of amides is 1. The quantitative estimate of drug-likeness (QED) is 0.539. The lowest BCUT2D eigenvalue weighted by atomic mass is 10.1. The average molecular weight is 371 g/mol. The first-order valence-corrected chi connectivity index (χ1v) is 9.04. The number of carbonyl (C=O) groups is 1. The third-order valence-electron chi connectivity index (χ3n) is 4.69. The summed E-state index contributed by atoms with van der Waals surface area (Å²) in [5, 5.41) is 4.23. The van der Waals surface area contributed by atoms with Gasteiger partial charge in [-0.1, -0.05) is 30.3 Å². The van der Waals surface area contributed by atoms with Gasteiger partial charge in [-0.3, -0.25) is 4.79 Å². The van der Waals surface area contributed by atoms with Crippen LogP contribution < -0.4 is 0 Å². The Balaban J connectivity index is 1.54. The molecule has 0 bridgehead atoms. The Bertz CT molecular complexity index is 1080. The van der Waals surface area contributed by atoms with Gasteiger partial charge in [0.2, 0.25) is 0 Å². The number of rotatable bonds is 5. The summed E-state index contributed by atoms with van der Waals surface area (Å²) in [6.45, 7) is 0.521. The SMILES string of the molecule is CN(Cc1ccc(-n2cccn2)cc1)C(=O)c1ccccc1-c1nccn1C. The molecule has 6 nitrogen and oxygen atoms in total. The molecule has 0 radical (unpaired) electrons. The zero-order chi connectivity index (χ0) is 19.5. The zero-order valence-electron chi connectivity index (χ0n) is 15.9. The van der Waals surface area contributed by atoms with Crippen LogP contribution in [0.5, 0.6) is 0 Å². The van der Waals surface area contributed by atoms with Crippen molar-refractivity contribution in [1.29, 1.82) is 0 Å². The van der Waals surface area contributed by atoms with Crippen LogP contribution in [0.25, 0.3) is 17.1 Å². The molecule has 0 aliphatic carbocycles. The van der Waals surface area contributed by atoms with Gasteiger partial charge in [-0.05, 0) is 29.8 Å². The fourth-order valence-corrected chi connectivity index (χ4v) is 3.22. The van der Waals surface area contributed by atoms with Crippen molar-refractivity contribution < 1.29 is 4.79 Å². The second-order valence-electron chi connectivity index (χ2n) is 6.69. The Morgan fingerprint density at radius 2 is 1.79 bits per heavy atom. The zero-order valence-corrected chi connectivity index (χ0v) is 15.9. The van der Waals surface area contributed by atoms with Crippen LogP contribution in [0.15, 0.2) is 79.4 Å². The summed E-state index contributed by atoms with van der Waals surface area (Å²) in [5.41, 5.74) is 3.53. The number of hydrogen-bond acceptors (Lipinski definition) is 3. The summed E-state index contributed by atoms with van der Waals surface area (Å²) >= 11 is 0. The van der Waals surface area contributed by atoms with Crippen molar-refractivity contribution in [3.05, 3.63) is 90.5 Å². The highest BCUT2D eigenvalue weighted by atomic mass is 16.2. The van der Waals surface area contributed by atoms with Crippen LogP contribution in [0.4, 0.5) is 0 Å². The van der Waals surface area contributed by atoms with Crippen LogP contribution in [-0.2, 0) is 13.6 Å². The largest absolute Gasteiger partial charge is 0.337 e. The van der Waals surface area contributed by atoms with Gasteiger partial charge in [0.15, 0.2) is 0 Å². The first-order chi connectivity index (χ1) is 13.6. The van der Waals surface area contributed by atoms with Crippen molar-refractivity contribution >= 4 is 5.91 Å². The van der Waals surface area contributed by atoms with E-state index >= 15 is 0 Å². The van der Waals surface area contributed by atoms with Gasteiger partial charge >= 0.3 is 0 Å². The van der Waals surface area contributed by atoms with Crippen LogP contribution >= 0.6 is 0 Å². The first kappa shape index (κ1) is 17.7. The van der Waals surface area contributed by atoms with Crippen molar-refractivity contribution in [3.63, 3.8) is 0 Å². The Hall–Kier alpha value is -3.67. The van der Waals surface area contributed by atoms with Gasteiger partial charge in [0.1, 0.15) is 5.82 Å². The molecular weight excluding hydrogens is 350 g/mol. The maximum absolute atomic E-state index is 13.1. The van der Waals surface area contributed by atoms with E-state index in [4.69, 9.17) is 0 Å². The highest BCUT2D eigenvalue weighted by Crippen LogP contribution is 2.23. The summed E-state index contributed by atoms with van der Waals surface area (Å²) in [6, 6.07) is 17.5. The second-order valence-corrected chi connectivity index (χ2v) is 6.69. The number of nitrogens with zero attached hydrogens (tertiary/aromatic N) is 5. The summed E-state index contributed by atoms with van der Waals surface area (Å²) in [7, 11) is 3.74. The molecule has 0 N–H and O–H groups in total. The van der Waals surface area contributed by atoms with E-state index in [0.717, 1.165) is 22.6 Å². The molecule has 0 spiro atoms. The van der Waals surface area contributed by atoms with E-state index < -0.39 is 0 Å². The van der Waals surface area contributed by atoms with E-state index in [1.807, 2.05) is 90.3 Å². The number of imidazole rings is 1. The Labute approximate surface area is 163 Å². The molecule has 0 fully saturated rings. The molecule has 0 atom stereocenters. The van der Waals surface area contributed by atoms with Crippen LogP contribution in [-0.4, -0.2) is 37.2 Å². The van der Waals surface area contributed by atoms with Gasteiger partial charge in [0, 0.05) is 51.0 Å². The molecule has 2 aromatic heterocycles. The number of hydrogen-bond donors (Lipinski definition) is 0. The van der Waals surface area contributed by atoms with Gasteiger partial charge in [-0.2, -0.15) is 5.10 Å². The summed E-state index contributed by atoms with van der Waals surface area (Å²) in [6.07, 6.45) is 7.27. The van der Waals surface area contributed by atoms with E-state index in [0.29, 0.717) is 12.1 Å². The van der Waals surface area contributed by atoms with E-state index in [2.05, 4.69) is 10.1 Å². The number of aryl methyl sites for hydroxylation is 1. The Morgan fingerprint density at radius 1 is 1.00 bits per heavy atom. The lowest BCUT2D eigenvalue weighted by Gasteiger charge is -2.19. The first-order valence-electron chi connectivity index (χ1n) is 9.04. The predicted octanol–water partition coefficient (Wildman–Crippen LogP) is 3.55.